The van der Waals surface area contributed by atoms with Crippen molar-refractivity contribution in [3.8, 4) is 0 Å². The van der Waals surface area contributed by atoms with Crippen molar-refractivity contribution in [2.45, 2.75) is 76.5 Å². The Bertz CT molecular complexity index is 489. The van der Waals surface area contributed by atoms with Gasteiger partial charge in [-0.05, 0) is 67.0 Å². The second-order valence-corrected chi connectivity index (χ2v) is 7.85. The van der Waals surface area contributed by atoms with Gasteiger partial charge in [-0.1, -0.05) is 26.2 Å². The molecular formula is C17H26IN3. The quantitative estimate of drug-likeness (QED) is 0.728. The topological polar surface area (TPSA) is 51.8 Å². The lowest BCUT2D eigenvalue weighted by Gasteiger charge is -2.27. The van der Waals surface area contributed by atoms with Gasteiger partial charge in [0.25, 0.3) is 0 Å². The Morgan fingerprint density at radius 3 is 2.29 bits per heavy atom. The number of nitrogen functional groups attached to an aromatic ring is 1. The van der Waals surface area contributed by atoms with Gasteiger partial charge in [0.1, 0.15) is 11.6 Å². The highest BCUT2D eigenvalue weighted by atomic mass is 127. The maximum absolute atomic E-state index is 6.19. The maximum Gasteiger partial charge on any atom is 0.140 e. The third-order valence-electron chi connectivity index (χ3n) is 5.45. The molecule has 4 heteroatoms. The van der Waals surface area contributed by atoms with Crippen molar-refractivity contribution in [2.24, 2.45) is 5.92 Å². The van der Waals surface area contributed by atoms with E-state index in [0.717, 1.165) is 15.3 Å². The fourth-order valence-electron chi connectivity index (χ4n) is 3.98. The molecule has 116 valence electrons. The average molecular weight is 399 g/mol. The fourth-order valence-corrected chi connectivity index (χ4v) is 4.66. The summed E-state index contributed by atoms with van der Waals surface area (Å²) in [7, 11) is 0. The smallest absolute Gasteiger partial charge is 0.140 e. The molecule has 1 heterocycles. The van der Waals surface area contributed by atoms with Crippen LogP contribution in [0.5, 0.6) is 0 Å². The number of aromatic nitrogens is 2. The van der Waals surface area contributed by atoms with Gasteiger partial charge < -0.3 is 5.73 Å². The lowest BCUT2D eigenvalue weighted by molar-refractivity contribution is 0.311. The van der Waals surface area contributed by atoms with E-state index in [1.165, 1.54) is 63.5 Å². The van der Waals surface area contributed by atoms with E-state index in [4.69, 9.17) is 10.7 Å². The molecule has 0 radical (unpaired) electrons. The molecule has 0 saturated heterocycles. The van der Waals surface area contributed by atoms with Crippen LogP contribution < -0.4 is 5.73 Å². The average Bonchev–Trinajstić information content (AvgIpc) is 3.04. The van der Waals surface area contributed by atoms with Crippen LogP contribution in [0.25, 0.3) is 0 Å². The highest BCUT2D eigenvalue weighted by Crippen LogP contribution is 2.39. The first kappa shape index (κ1) is 15.5. The van der Waals surface area contributed by atoms with Crippen LogP contribution in [0.15, 0.2) is 0 Å². The predicted octanol–water partition coefficient (Wildman–Crippen LogP) is 5.00. The predicted molar refractivity (Wildman–Crippen MR) is 95.4 cm³/mol. The van der Waals surface area contributed by atoms with Crippen molar-refractivity contribution >= 4 is 28.4 Å². The first-order valence-corrected chi connectivity index (χ1v) is 9.59. The number of hydrogen-bond donors (Lipinski definition) is 1. The highest BCUT2D eigenvalue weighted by Gasteiger charge is 2.27. The zero-order valence-corrected chi connectivity index (χ0v) is 15.1. The van der Waals surface area contributed by atoms with Crippen molar-refractivity contribution in [3.63, 3.8) is 0 Å². The van der Waals surface area contributed by atoms with E-state index in [1.54, 1.807) is 0 Å². The molecule has 0 aliphatic heterocycles. The van der Waals surface area contributed by atoms with E-state index in [9.17, 15) is 0 Å². The number of halogens is 1. The summed E-state index contributed by atoms with van der Waals surface area (Å²) in [4.78, 5) is 9.63. The van der Waals surface area contributed by atoms with Gasteiger partial charge in [-0.2, -0.15) is 0 Å². The van der Waals surface area contributed by atoms with Crippen LogP contribution in [0, 0.1) is 9.49 Å². The van der Waals surface area contributed by atoms with Crippen molar-refractivity contribution in [1.29, 1.82) is 0 Å². The van der Waals surface area contributed by atoms with Crippen LogP contribution >= 0.6 is 22.6 Å². The van der Waals surface area contributed by atoms with Gasteiger partial charge >= 0.3 is 0 Å². The summed E-state index contributed by atoms with van der Waals surface area (Å²) in [6.07, 6.45) is 11.7. The van der Waals surface area contributed by atoms with Crippen molar-refractivity contribution in [3.05, 3.63) is 15.1 Å². The third-order valence-corrected chi connectivity index (χ3v) is 6.56. The fraction of sp³-hybridized carbons (Fsp3) is 0.765. The third kappa shape index (κ3) is 3.35. The monoisotopic (exact) mass is 399 g/mol. The van der Waals surface area contributed by atoms with Gasteiger partial charge in [-0.15, -0.1) is 0 Å². The van der Waals surface area contributed by atoms with Gasteiger partial charge in [0.05, 0.1) is 9.26 Å². The molecule has 0 spiro atoms. The van der Waals surface area contributed by atoms with Crippen LogP contribution in [0.1, 0.15) is 88.1 Å². The summed E-state index contributed by atoms with van der Waals surface area (Å²) >= 11 is 2.34. The SMILES string of the molecule is CCC1CCC(c2nc(N)c(I)c(C3CCCC3)n2)CC1. The molecule has 0 amide bonds. The van der Waals surface area contributed by atoms with Crippen LogP contribution in [0.3, 0.4) is 0 Å². The number of rotatable bonds is 3. The second-order valence-electron chi connectivity index (χ2n) is 6.77. The Hall–Kier alpha value is -0.390. The van der Waals surface area contributed by atoms with E-state index in [-0.39, 0.29) is 0 Å². The molecular weight excluding hydrogens is 373 g/mol. The molecule has 2 fully saturated rings. The lowest BCUT2D eigenvalue weighted by Crippen LogP contribution is -2.17. The van der Waals surface area contributed by atoms with Gasteiger partial charge in [-0.3, -0.25) is 0 Å². The number of hydrogen-bond acceptors (Lipinski definition) is 3. The second kappa shape index (κ2) is 6.80. The first-order chi connectivity index (χ1) is 10.2. The Kier molecular flexibility index (Phi) is 5.02. The molecule has 2 aliphatic rings. The van der Waals surface area contributed by atoms with E-state index in [1.807, 2.05) is 0 Å². The van der Waals surface area contributed by atoms with Crippen molar-refractivity contribution in [2.75, 3.05) is 5.73 Å². The molecule has 0 bridgehead atoms. The molecule has 2 aliphatic carbocycles. The standard InChI is InChI=1S/C17H26IN3/c1-2-11-7-9-13(10-8-11)17-20-15(12-5-3-4-6-12)14(18)16(19)21-17/h11-13H,2-10H2,1H3,(H2,19,20,21). The molecule has 2 N–H and O–H groups in total. The molecule has 0 aromatic carbocycles. The molecule has 3 nitrogen and oxygen atoms in total. The van der Waals surface area contributed by atoms with E-state index >= 15 is 0 Å². The summed E-state index contributed by atoms with van der Waals surface area (Å²) in [5.74, 6) is 3.81. The normalized spacial score (nSPS) is 27.1. The minimum atomic E-state index is 0.534. The molecule has 1 aromatic rings. The van der Waals surface area contributed by atoms with Gasteiger partial charge in [0.15, 0.2) is 0 Å². The van der Waals surface area contributed by atoms with Gasteiger partial charge in [-0.25, -0.2) is 9.97 Å². The number of anilines is 1. The molecule has 1 aromatic heterocycles. The Morgan fingerprint density at radius 1 is 1.00 bits per heavy atom. The van der Waals surface area contributed by atoms with E-state index < -0.39 is 0 Å². The Labute approximate surface area is 141 Å². The van der Waals surface area contributed by atoms with Crippen molar-refractivity contribution in [1.82, 2.24) is 9.97 Å². The number of nitrogens with two attached hydrogens (primary N) is 1. The Morgan fingerprint density at radius 2 is 1.67 bits per heavy atom. The summed E-state index contributed by atoms with van der Waals surface area (Å²) < 4.78 is 1.10. The molecule has 0 atom stereocenters. The van der Waals surface area contributed by atoms with Crippen molar-refractivity contribution < 1.29 is 0 Å². The summed E-state index contributed by atoms with van der Waals surface area (Å²) in [5.41, 5.74) is 7.43. The molecule has 0 unspecified atom stereocenters. The zero-order valence-electron chi connectivity index (χ0n) is 12.9. The largest absolute Gasteiger partial charge is 0.383 e. The first-order valence-electron chi connectivity index (χ1n) is 8.51. The molecule has 21 heavy (non-hydrogen) atoms. The van der Waals surface area contributed by atoms with Gasteiger partial charge in [0, 0.05) is 11.8 Å². The number of nitrogens with zero attached hydrogens (tertiary/aromatic N) is 2. The van der Waals surface area contributed by atoms with E-state index in [0.29, 0.717) is 17.7 Å². The molecule has 3 rings (SSSR count). The van der Waals surface area contributed by atoms with E-state index in [2.05, 4.69) is 34.5 Å². The minimum Gasteiger partial charge on any atom is -0.383 e. The van der Waals surface area contributed by atoms with Crippen LogP contribution in [0.4, 0.5) is 5.82 Å². The molecule has 2 saturated carbocycles. The summed E-state index contributed by atoms with van der Waals surface area (Å²) in [6.45, 7) is 2.31. The summed E-state index contributed by atoms with van der Waals surface area (Å²) in [5, 5.41) is 0. The zero-order chi connectivity index (χ0) is 14.8. The Balaban J connectivity index is 1.82. The van der Waals surface area contributed by atoms with Crippen LogP contribution in [-0.4, -0.2) is 9.97 Å². The van der Waals surface area contributed by atoms with Crippen LogP contribution in [0.2, 0.25) is 0 Å². The maximum atomic E-state index is 6.19. The van der Waals surface area contributed by atoms with Gasteiger partial charge in [0.2, 0.25) is 0 Å². The summed E-state index contributed by atoms with van der Waals surface area (Å²) in [6, 6.07) is 0. The highest BCUT2D eigenvalue weighted by molar-refractivity contribution is 14.1. The minimum absolute atomic E-state index is 0.534. The lowest BCUT2D eigenvalue weighted by atomic mass is 9.80. The van der Waals surface area contributed by atoms with Crippen LogP contribution in [-0.2, 0) is 0 Å².